The second-order valence-corrected chi connectivity index (χ2v) is 5.31. The molecule has 1 aromatic heterocycles. The van der Waals surface area contributed by atoms with Gasteiger partial charge < -0.3 is 5.32 Å². The molecule has 0 spiro atoms. The molecule has 1 N–H and O–H groups in total. The predicted molar refractivity (Wildman–Crippen MR) is 78.7 cm³/mol. The van der Waals surface area contributed by atoms with Crippen LogP contribution in [0.1, 0.15) is 63.8 Å². The van der Waals surface area contributed by atoms with Crippen molar-refractivity contribution in [2.24, 2.45) is 5.92 Å². The van der Waals surface area contributed by atoms with Gasteiger partial charge in [-0.15, -0.1) is 0 Å². The van der Waals surface area contributed by atoms with Crippen molar-refractivity contribution in [3.8, 4) is 0 Å². The van der Waals surface area contributed by atoms with Crippen molar-refractivity contribution in [3.05, 3.63) is 29.6 Å². The lowest BCUT2D eigenvalue weighted by Crippen LogP contribution is -2.25. The number of nitrogens with zero attached hydrogens (tertiary/aromatic N) is 1. The van der Waals surface area contributed by atoms with E-state index < -0.39 is 0 Å². The van der Waals surface area contributed by atoms with Gasteiger partial charge in [-0.25, -0.2) is 0 Å². The van der Waals surface area contributed by atoms with Crippen molar-refractivity contribution in [2.75, 3.05) is 6.54 Å². The molecule has 0 fully saturated rings. The maximum atomic E-state index is 4.42. The van der Waals surface area contributed by atoms with Crippen LogP contribution in [0.3, 0.4) is 0 Å². The molecule has 0 aliphatic rings. The van der Waals surface area contributed by atoms with Crippen LogP contribution >= 0.6 is 0 Å². The summed E-state index contributed by atoms with van der Waals surface area (Å²) >= 11 is 0. The van der Waals surface area contributed by atoms with E-state index >= 15 is 0 Å². The molecule has 0 amide bonds. The molecule has 0 bridgehead atoms. The van der Waals surface area contributed by atoms with Gasteiger partial charge in [0.2, 0.25) is 0 Å². The molecule has 102 valence electrons. The summed E-state index contributed by atoms with van der Waals surface area (Å²) < 4.78 is 0. The number of hydrogen-bond acceptors (Lipinski definition) is 2. The standard InChI is InChI=1S/C16H28N2/c1-5-8-13(3)12-16(18-10-6-2)15-9-7-11-17-14(15)4/h7,9,11,13,16,18H,5-6,8,10,12H2,1-4H3. The molecule has 2 nitrogen and oxygen atoms in total. The summed E-state index contributed by atoms with van der Waals surface area (Å²) in [7, 11) is 0. The lowest BCUT2D eigenvalue weighted by atomic mass is 9.92. The zero-order valence-corrected chi connectivity index (χ0v) is 12.4. The summed E-state index contributed by atoms with van der Waals surface area (Å²) in [6, 6.07) is 4.72. The van der Waals surface area contributed by atoms with E-state index in [0.29, 0.717) is 6.04 Å². The van der Waals surface area contributed by atoms with Gasteiger partial charge >= 0.3 is 0 Å². The predicted octanol–water partition coefficient (Wildman–Crippen LogP) is 4.26. The molecule has 1 rings (SSSR count). The summed E-state index contributed by atoms with van der Waals surface area (Å²) in [5.41, 5.74) is 2.53. The Hall–Kier alpha value is -0.890. The van der Waals surface area contributed by atoms with Crippen molar-refractivity contribution in [3.63, 3.8) is 0 Å². The molecule has 1 aromatic rings. The molecule has 1 heterocycles. The smallest absolute Gasteiger partial charge is 0.0420 e. The fourth-order valence-electron chi connectivity index (χ4n) is 2.52. The fourth-order valence-corrected chi connectivity index (χ4v) is 2.52. The molecular weight excluding hydrogens is 220 g/mol. The average Bonchev–Trinajstić information content (AvgIpc) is 2.35. The zero-order valence-electron chi connectivity index (χ0n) is 12.4. The Labute approximate surface area is 112 Å². The van der Waals surface area contributed by atoms with E-state index in [4.69, 9.17) is 0 Å². The van der Waals surface area contributed by atoms with Crippen LogP contribution in [-0.2, 0) is 0 Å². The minimum absolute atomic E-state index is 0.459. The van der Waals surface area contributed by atoms with Crippen molar-refractivity contribution in [1.29, 1.82) is 0 Å². The first-order valence-electron chi connectivity index (χ1n) is 7.33. The van der Waals surface area contributed by atoms with E-state index in [1.807, 2.05) is 12.3 Å². The third-order valence-corrected chi connectivity index (χ3v) is 3.48. The Kier molecular flexibility index (Phi) is 6.96. The Bertz CT molecular complexity index is 336. The quantitative estimate of drug-likeness (QED) is 0.743. The molecule has 0 aliphatic carbocycles. The van der Waals surface area contributed by atoms with Crippen LogP contribution in [0.4, 0.5) is 0 Å². The van der Waals surface area contributed by atoms with Crippen LogP contribution in [0.25, 0.3) is 0 Å². The highest BCUT2D eigenvalue weighted by molar-refractivity contribution is 5.22. The third kappa shape index (κ3) is 4.77. The summed E-state index contributed by atoms with van der Waals surface area (Å²) in [6.07, 6.45) is 6.85. The molecule has 2 atom stereocenters. The van der Waals surface area contributed by atoms with E-state index in [9.17, 15) is 0 Å². The molecule has 2 unspecified atom stereocenters. The molecular formula is C16H28N2. The number of aromatic nitrogens is 1. The number of nitrogens with one attached hydrogen (secondary N) is 1. The van der Waals surface area contributed by atoms with Crippen molar-refractivity contribution < 1.29 is 0 Å². The van der Waals surface area contributed by atoms with E-state index in [1.54, 1.807) is 0 Å². The highest BCUT2D eigenvalue weighted by Crippen LogP contribution is 2.25. The van der Waals surface area contributed by atoms with E-state index in [1.165, 1.54) is 31.2 Å². The first-order valence-corrected chi connectivity index (χ1v) is 7.33. The summed E-state index contributed by atoms with van der Waals surface area (Å²) in [6.45, 7) is 10.0. The molecule has 0 saturated carbocycles. The van der Waals surface area contributed by atoms with Gasteiger partial charge in [-0.05, 0) is 43.9 Å². The lowest BCUT2D eigenvalue weighted by Gasteiger charge is -2.23. The van der Waals surface area contributed by atoms with Gasteiger partial charge in [0, 0.05) is 17.9 Å². The van der Waals surface area contributed by atoms with Crippen molar-refractivity contribution in [2.45, 2.75) is 59.4 Å². The Morgan fingerprint density at radius 2 is 2.06 bits per heavy atom. The minimum Gasteiger partial charge on any atom is -0.310 e. The highest BCUT2D eigenvalue weighted by atomic mass is 14.9. The number of pyridine rings is 1. The van der Waals surface area contributed by atoms with Crippen LogP contribution in [-0.4, -0.2) is 11.5 Å². The topological polar surface area (TPSA) is 24.9 Å². The number of aryl methyl sites for hydroxylation is 1. The molecule has 18 heavy (non-hydrogen) atoms. The van der Waals surface area contributed by atoms with Crippen LogP contribution in [0.2, 0.25) is 0 Å². The SMILES string of the molecule is CCCNC(CC(C)CCC)c1cccnc1C. The second kappa shape index (κ2) is 8.25. The van der Waals surface area contributed by atoms with Gasteiger partial charge in [-0.3, -0.25) is 4.98 Å². The average molecular weight is 248 g/mol. The van der Waals surface area contributed by atoms with Crippen molar-refractivity contribution >= 4 is 0 Å². The largest absolute Gasteiger partial charge is 0.310 e. The van der Waals surface area contributed by atoms with E-state index in [0.717, 1.165) is 18.2 Å². The second-order valence-electron chi connectivity index (χ2n) is 5.31. The normalized spacial score (nSPS) is 14.4. The number of hydrogen-bond donors (Lipinski definition) is 1. The Morgan fingerprint density at radius 3 is 2.67 bits per heavy atom. The Balaban J connectivity index is 2.74. The summed E-state index contributed by atoms with van der Waals surface area (Å²) in [5, 5.41) is 3.68. The van der Waals surface area contributed by atoms with E-state index in [-0.39, 0.29) is 0 Å². The summed E-state index contributed by atoms with van der Waals surface area (Å²) in [4.78, 5) is 4.42. The van der Waals surface area contributed by atoms with Gasteiger partial charge in [0.15, 0.2) is 0 Å². The first kappa shape index (κ1) is 15.2. The van der Waals surface area contributed by atoms with Gasteiger partial charge in [-0.2, -0.15) is 0 Å². The van der Waals surface area contributed by atoms with Gasteiger partial charge in [-0.1, -0.05) is 39.7 Å². The molecule has 0 aromatic carbocycles. The zero-order chi connectivity index (χ0) is 13.4. The minimum atomic E-state index is 0.459. The maximum absolute atomic E-state index is 4.42. The molecule has 0 aliphatic heterocycles. The third-order valence-electron chi connectivity index (χ3n) is 3.48. The highest BCUT2D eigenvalue weighted by Gasteiger charge is 2.16. The lowest BCUT2D eigenvalue weighted by molar-refractivity contribution is 0.388. The van der Waals surface area contributed by atoms with Crippen LogP contribution in [0.5, 0.6) is 0 Å². The maximum Gasteiger partial charge on any atom is 0.0420 e. The number of rotatable bonds is 8. The van der Waals surface area contributed by atoms with Gasteiger partial charge in [0.05, 0.1) is 0 Å². The van der Waals surface area contributed by atoms with Crippen LogP contribution in [0.15, 0.2) is 18.3 Å². The summed E-state index contributed by atoms with van der Waals surface area (Å²) in [5.74, 6) is 0.768. The van der Waals surface area contributed by atoms with Crippen LogP contribution < -0.4 is 5.32 Å². The molecule has 2 heteroatoms. The first-order chi connectivity index (χ1) is 8.69. The van der Waals surface area contributed by atoms with Gasteiger partial charge in [0.25, 0.3) is 0 Å². The van der Waals surface area contributed by atoms with Crippen molar-refractivity contribution in [1.82, 2.24) is 10.3 Å². The van der Waals surface area contributed by atoms with E-state index in [2.05, 4.69) is 44.1 Å². The van der Waals surface area contributed by atoms with Crippen LogP contribution in [0, 0.1) is 12.8 Å². The van der Waals surface area contributed by atoms with Gasteiger partial charge in [0.1, 0.15) is 0 Å². The molecule has 0 saturated heterocycles. The Morgan fingerprint density at radius 1 is 1.28 bits per heavy atom. The molecule has 0 radical (unpaired) electrons. The monoisotopic (exact) mass is 248 g/mol. The fraction of sp³-hybridized carbons (Fsp3) is 0.688.